The fraction of sp³-hybridized carbons (Fsp3) is 0. The molecule has 9 nitrogen and oxygen atoms in total. The summed E-state index contributed by atoms with van der Waals surface area (Å²) in [5.41, 5.74) is -1.76. The van der Waals surface area contributed by atoms with E-state index >= 15 is 0 Å². The van der Waals surface area contributed by atoms with Gasteiger partial charge in [-0.1, -0.05) is 0 Å². The van der Waals surface area contributed by atoms with Crippen molar-refractivity contribution in [1.82, 2.24) is 9.97 Å². The summed E-state index contributed by atoms with van der Waals surface area (Å²) in [6.07, 6.45) is 0. The van der Waals surface area contributed by atoms with Gasteiger partial charge in [-0.05, 0) is 18.2 Å². The van der Waals surface area contributed by atoms with Crippen molar-refractivity contribution in [3.8, 4) is 0 Å². The van der Waals surface area contributed by atoms with E-state index in [0.29, 0.717) is 0 Å². The van der Waals surface area contributed by atoms with E-state index < -0.39 is 38.3 Å². The second-order valence-electron chi connectivity index (χ2n) is 3.66. The number of carboxylic acids is 2. The standard InChI is InChI=1S/C10H6N2O7S/c13-9(14)7-8(10(15)16)12-6-3-4(20(17,18)19)1-2-5(6)11-7/h1-3H,(H,13,14)(H,15,16)(H,17,18,19). The van der Waals surface area contributed by atoms with Gasteiger partial charge in [0.15, 0.2) is 11.4 Å². The third-order valence-electron chi connectivity index (χ3n) is 2.34. The lowest BCUT2D eigenvalue weighted by atomic mass is 10.2. The molecule has 0 radical (unpaired) electrons. The zero-order chi connectivity index (χ0) is 15.1. The first-order chi connectivity index (χ1) is 9.20. The van der Waals surface area contributed by atoms with Crippen LogP contribution in [0.2, 0.25) is 0 Å². The largest absolute Gasteiger partial charge is 0.476 e. The molecule has 0 spiro atoms. The lowest BCUT2D eigenvalue weighted by molar-refractivity contribution is 0.0642. The molecule has 1 aromatic heterocycles. The molecule has 0 saturated carbocycles. The molecule has 2 aromatic rings. The van der Waals surface area contributed by atoms with Gasteiger partial charge in [0, 0.05) is 0 Å². The van der Waals surface area contributed by atoms with Gasteiger partial charge >= 0.3 is 11.9 Å². The summed E-state index contributed by atoms with van der Waals surface area (Å²) in [4.78, 5) is 28.5. The Morgan fingerprint density at radius 3 is 1.90 bits per heavy atom. The summed E-state index contributed by atoms with van der Waals surface area (Å²) in [5.74, 6) is -3.19. The van der Waals surface area contributed by atoms with Crippen molar-refractivity contribution in [2.45, 2.75) is 4.90 Å². The normalized spacial score (nSPS) is 11.4. The summed E-state index contributed by atoms with van der Waals surface area (Å²) >= 11 is 0. The number of hydrogen-bond donors (Lipinski definition) is 3. The highest BCUT2D eigenvalue weighted by Crippen LogP contribution is 2.18. The van der Waals surface area contributed by atoms with E-state index in [2.05, 4.69) is 9.97 Å². The molecular weight excluding hydrogens is 292 g/mol. The summed E-state index contributed by atoms with van der Waals surface area (Å²) in [6.45, 7) is 0. The van der Waals surface area contributed by atoms with Gasteiger partial charge < -0.3 is 10.2 Å². The first-order valence-corrected chi connectivity index (χ1v) is 6.40. The summed E-state index contributed by atoms with van der Waals surface area (Å²) in [6, 6.07) is 3.01. The van der Waals surface area contributed by atoms with Crippen molar-refractivity contribution >= 4 is 33.1 Å². The van der Waals surface area contributed by atoms with Gasteiger partial charge in [-0.15, -0.1) is 0 Å². The van der Waals surface area contributed by atoms with Crippen LogP contribution in [0.3, 0.4) is 0 Å². The van der Waals surface area contributed by atoms with Gasteiger partial charge in [0.1, 0.15) is 0 Å². The van der Waals surface area contributed by atoms with Crippen LogP contribution >= 0.6 is 0 Å². The second kappa shape index (κ2) is 4.51. The van der Waals surface area contributed by atoms with Gasteiger partial charge in [-0.3, -0.25) is 4.55 Å². The van der Waals surface area contributed by atoms with Crippen molar-refractivity contribution in [2.75, 3.05) is 0 Å². The van der Waals surface area contributed by atoms with Crippen LogP contribution in [0.25, 0.3) is 11.0 Å². The Kier molecular flexibility index (Phi) is 3.12. The van der Waals surface area contributed by atoms with Crippen LogP contribution in [0, 0.1) is 0 Å². The number of benzene rings is 1. The minimum atomic E-state index is -4.49. The number of rotatable bonds is 3. The molecule has 20 heavy (non-hydrogen) atoms. The molecule has 10 heteroatoms. The minimum absolute atomic E-state index is 0.0141. The third kappa shape index (κ3) is 2.41. The highest BCUT2D eigenvalue weighted by atomic mass is 32.2. The number of carbonyl (C=O) groups is 2. The molecule has 0 unspecified atom stereocenters. The van der Waals surface area contributed by atoms with Crippen LogP contribution in [0.5, 0.6) is 0 Å². The lowest BCUT2D eigenvalue weighted by Crippen LogP contribution is -2.13. The average molecular weight is 298 g/mol. The van der Waals surface area contributed by atoms with Crippen molar-refractivity contribution in [3.63, 3.8) is 0 Å². The maximum Gasteiger partial charge on any atom is 0.357 e. The van der Waals surface area contributed by atoms with Crippen molar-refractivity contribution < 1.29 is 32.8 Å². The van der Waals surface area contributed by atoms with Crippen LogP contribution in [0.4, 0.5) is 0 Å². The van der Waals surface area contributed by atoms with E-state index in [1.807, 2.05) is 0 Å². The van der Waals surface area contributed by atoms with Gasteiger partial charge in [0.2, 0.25) is 0 Å². The van der Waals surface area contributed by atoms with Crippen molar-refractivity contribution in [2.24, 2.45) is 0 Å². The number of carboxylic acid groups (broad SMARTS) is 2. The van der Waals surface area contributed by atoms with Crippen molar-refractivity contribution in [1.29, 1.82) is 0 Å². The number of nitrogens with zero attached hydrogens (tertiary/aromatic N) is 2. The van der Waals surface area contributed by atoms with Gasteiger partial charge in [-0.25, -0.2) is 19.6 Å². The molecule has 3 N–H and O–H groups in total. The molecule has 0 bridgehead atoms. The average Bonchev–Trinajstić information content (AvgIpc) is 2.35. The van der Waals surface area contributed by atoms with E-state index in [-0.39, 0.29) is 11.0 Å². The zero-order valence-corrected chi connectivity index (χ0v) is 10.3. The van der Waals surface area contributed by atoms with E-state index in [4.69, 9.17) is 14.8 Å². The molecule has 0 fully saturated rings. The van der Waals surface area contributed by atoms with Gasteiger partial charge in [0.25, 0.3) is 10.1 Å². The Bertz CT molecular complexity index is 844. The molecule has 0 aliphatic carbocycles. The maximum absolute atomic E-state index is 11.0. The highest BCUT2D eigenvalue weighted by Gasteiger charge is 2.21. The SMILES string of the molecule is O=C(O)c1nc2ccc(S(=O)(=O)O)cc2nc1C(=O)O. The maximum atomic E-state index is 11.0. The zero-order valence-electron chi connectivity index (χ0n) is 9.51. The molecule has 1 heterocycles. The Balaban J connectivity index is 2.82. The number of fused-ring (bicyclic) bond motifs is 1. The van der Waals surface area contributed by atoms with Crippen LogP contribution in [-0.2, 0) is 10.1 Å². The summed E-state index contributed by atoms with van der Waals surface area (Å²) in [5, 5.41) is 17.7. The first-order valence-electron chi connectivity index (χ1n) is 4.96. The smallest absolute Gasteiger partial charge is 0.357 e. The van der Waals surface area contributed by atoms with Crippen LogP contribution in [0.15, 0.2) is 23.1 Å². The quantitative estimate of drug-likeness (QED) is 0.677. The number of aromatic nitrogens is 2. The van der Waals surface area contributed by atoms with E-state index in [0.717, 1.165) is 18.2 Å². The molecule has 0 atom stereocenters. The predicted octanol–water partition coefficient (Wildman–Crippen LogP) is 0.273. The monoisotopic (exact) mass is 298 g/mol. The van der Waals surface area contributed by atoms with Crippen LogP contribution < -0.4 is 0 Å². The Labute approximate surface area is 111 Å². The second-order valence-corrected chi connectivity index (χ2v) is 5.08. The Morgan fingerprint density at radius 1 is 0.950 bits per heavy atom. The predicted molar refractivity (Wildman–Crippen MR) is 63.3 cm³/mol. The topological polar surface area (TPSA) is 155 Å². The molecular formula is C10H6N2O7S. The first kappa shape index (κ1) is 13.8. The van der Waals surface area contributed by atoms with Crippen LogP contribution in [0.1, 0.15) is 21.0 Å². The minimum Gasteiger partial charge on any atom is -0.476 e. The van der Waals surface area contributed by atoms with E-state index in [1.54, 1.807) is 0 Å². The fourth-order valence-corrected chi connectivity index (χ4v) is 1.99. The van der Waals surface area contributed by atoms with E-state index in [9.17, 15) is 18.0 Å². The van der Waals surface area contributed by atoms with Gasteiger partial charge in [-0.2, -0.15) is 8.42 Å². The molecule has 2 rings (SSSR count). The van der Waals surface area contributed by atoms with Crippen molar-refractivity contribution in [3.05, 3.63) is 29.6 Å². The lowest BCUT2D eigenvalue weighted by Gasteiger charge is -2.04. The Morgan fingerprint density at radius 2 is 1.45 bits per heavy atom. The fourth-order valence-electron chi connectivity index (χ4n) is 1.49. The number of hydrogen-bond acceptors (Lipinski definition) is 6. The molecule has 0 amide bonds. The number of aromatic carboxylic acids is 2. The molecule has 0 aliphatic rings. The van der Waals surface area contributed by atoms with Crippen LogP contribution in [-0.4, -0.2) is 45.1 Å². The van der Waals surface area contributed by atoms with Gasteiger partial charge in [0.05, 0.1) is 15.9 Å². The molecule has 104 valence electrons. The highest BCUT2D eigenvalue weighted by molar-refractivity contribution is 7.85. The third-order valence-corrected chi connectivity index (χ3v) is 3.19. The molecule has 1 aromatic carbocycles. The summed E-state index contributed by atoms with van der Waals surface area (Å²) in [7, 11) is -4.49. The molecule has 0 saturated heterocycles. The Hall–Kier alpha value is -2.59. The molecule has 0 aliphatic heterocycles. The van der Waals surface area contributed by atoms with E-state index in [1.165, 1.54) is 0 Å². The summed E-state index contributed by atoms with van der Waals surface area (Å²) < 4.78 is 30.8.